The van der Waals surface area contributed by atoms with Crippen molar-refractivity contribution in [2.75, 3.05) is 19.6 Å². The van der Waals surface area contributed by atoms with Gasteiger partial charge in [-0.2, -0.15) is 26.3 Å². The number of benzene rings is 2. The lowest BCUT2D eigenvalue weighted by atomic mass is 9.85. The molecule has 2 aromatic rings. The fourth-order valence-electron chi connectivity index (χ4n) is 5.33. The van der Waals surface area contributed by atoms with E-state index in [1.807, 2.05) is 4.90 Å². The molecule has 0 unspecified atom stereocenters. The van der Waals surface area contributed by atoms with Crippen molar-refractivity contribution in [3.8, 4) is 0 Å². The topological polar surface area (TPSA) is 49.8 Å². The maximum Gasteiger partial charge on any atom is 0.416 e. The Balaban J connectivity index is 1.57. The van der Waals surface area contributed by atoms with Gasteiger partial charge in [0.2, 0.25) is 0 Å². The Morgan fingerprint density at radius 2 is 1.57 bits per heavy atom. The molecule has 0 radical (unpaired) electrons. The number of alkyl halides is 6. The lowest BCUT2D eigenvalue weighted by molar-refractivity contribution is -0.148. The molecular formula is C26H26F7NO3. The number of hydrogen-bond acceptors (Lipinski definition) is 3. The Kier molecular flexibility index (Phi) is 7.58. The second kappa shape index (κ2) is 10.2. The molecule has 4 nitrogen and oxygen atoms in total. The van der Waals surface area contributed by atoms with Crippen molar-refractivity contribution in [2.24, 2.45) is 11.8 Å². The second-order valence-electron chi connectivity index (χ2n) is 9.82. The molecule has 1 saturated carbocycles. The zero-order chi connectivity index (χ0) is 27.1. The lowest BCUT2D eigenvalue weighted by Crippen LogP contribution is -2.52. The fraction of sp³-hybridized carbons (Fsp3) is 0.500. The summed E-state index contributed by atoms with van der Waals surface area (Å²) in [6.45, 7) is 2.77. The SMILES string of the molecule is C[C@@H](O[C@H]1CC[C@@H](CN2CC(C(=O)O)C2)[C@@H]1c1ccc(F)cc1)c1cc(C(F)(F)F)cc(C(F)(F)F)c1. The molecule has 1 heterocycles. The van der Waals surface area contributed by atoms with Gasteiger partial charge in [0.25, 0.3) is 0 Å². The van der Waals surface area contributed by atoms with E-state index in [2.05, 4.69) is 0 Å². The Morgan fingerprint density at radius 1 is 1.00 bits per heavy atom. The van der Waals surface area contributed by atoms with E-state index in [0.717, 1.165) is 5.56 Å². The monoisotopic (exact) mass is 533 g/mol. The van der Waals surface area contributed by atoms with Gasteiger partial charge in [-0.05, 0) is 67.1 Å². The first-order valence-corrected chi connectivity index (χ1v) is 11.9. The van der Waals surface area contributed by atoms with E-state index >= 15 is 0 Å². The summed E-state index contributed by atoms with van der Waals surface area (Å²) in [4.78, 5) is 13.1. The number of carbonyl (C=O) groups is 1. The minimum Gasteiger partial charge on any atom is -0.481 e. The molecule has 0 aromatic heterocycles. The molecular weight excluding hydrogens is 507 g/mol. The Morgan fingerprint density at radius 3 is 2.08 bits per heavy atom. The Bertz CT molecular complexity index is 1080. The zero-order valence-corrected chi connectivity index (χ0v) is 19.8. The van der Waals surface area contributed by atoms with Gasteiger partial charge in [-0.25, -0.2) is 4.39 Å². The first-order valence-electron chi connectivity index (χ1n) is 11.9. The van der Waals surface area contributed by atoms with Crippen LogP contribution in [0.15, 0.2) is 42.5 Å². The van der Waals surface area contributed by atoms with Crippen molar-refractivity contribution in [2.45, 2.75) is 50.2 Å². The highest BCUT2D eigenvalue weighted by molar-refractivity contribution is 5.71. The van der Waals surface area contributed by atoms with E-state index in [-0.39, 0.29) is 23.5 Å². The highest BCUT2D eigenvalue weighted by Crippen LogP contribution is 2.45. The average Bonchev–Trinajstić information content (AvgIpc) is 3.16. The van der Waals surface area contributed by atoms with Crippen LogP contribution in [0, 0.1) is 17.7 Å². The molecule has 1 aliphatic heterocycles. The minimum absolute atomic E-state index is 0.00958. The van der Waals surface area contributed by atoms with Gasteiger partial charge < -0.3 is 14.7 Å². The van der Waals surface area contributed by atoms with E-state index in [0.29, 0.717) is 44.6 Å². The molecule has 1 saturated heterocycles. The molecule has 0 spiro atoms. The normalized spacial score (nSPS) is 24.2. The van der Waals surface area contributed by atoms with Crippen LogP contribution in [0.2, 0.25) is 0 Å². The van der Waals surface area contributed by atoms with Crippen LogP contribution in [0.25, 0.3) is 0 Å². The summed E-state index contributed by atoms with van der Waals surface area (Å²) in [6.07, 6.45) is -10.4. The number of halogens is 7. The maximum atomic E-state index is 13.6. The van der Waals surface area contributed by atoms with E-state index in [4.69, 9.17) is 9.84 Å². The van der Waals surface area contributed by atoms with E-state index in [1.54, 1.807) is 12.1 Å². The van der Waals surface area contributed by atoms with Crippen LogP contribution >= 0.6 is 0 Å². The molecule has 2 aliphatic rings. The van der Waals surface area contributed by atoms with Crippen LogP contribution < -0.4 is 0 Å². The fourth-order valence-corrected chi connectivity index (χ4v) is 5.33. The highest BCUT2D eigenvalue weighted by atomic mass is 19.4. The third-order valence-corrected chi connectivity index (χ3v) is 7.24. The molecule has 0 bridgehead atoms. The first-order chi connectivity index (χ1) is 17.2. The predicted molar refractivity (Wildman–Crippen MR) is 119 cm³/mol. The van der Waals surface area contributed by atoms with Crippen molar-refractivity contribution >= 4 is 5.97 Å². The minimum atomic E-state index is -4.96. The number of nitrogens with zero attached hydrogens (tertiary/aromatic N) is 1. The molecule has 2 aromatic carbocycles. The van der Waals surface area contributed by atoms with Crippen LogP contribution in [0.3, 0.4) is 0 Å². The van der Waals surface area contributed by atoms with Gasteiger partial charge in [-0.1, -0.05) is 12.1 Å². The average molecular weight is 533 g/mol. The molecule has 2 fully saturated rings. The van der Waals surface area contributed by atoms with Crippen LogP contribution in [-0.2, 0) is 21.9 Å². The standard InChI is InChI=1S/C26H26F7NO3/c1-14(17-8-19(25(28,29)30)10-20(9-17)26(31,32)33)37-22-7-4-16(11-34-12-18(13-34)24(35)36)23(22)15-2-5-21(27)6-3-15/h2-3,5-6,8-10,14,16,18,22-23H,4,7,11-13H2,1H3,(H,35,36)/t14-,16+,22+,23+/m1/s1. The second-order valence-corrected chi connectivity index (χ2v) is 9.82. The van der Waals surface area contributed by atoms with Gasteiger partial charge in [0, 0.05) is 25.6 Å². The number of rotatable bonds is 7. The quantitative estimate of drug-likeness (QED) is 0.412. The van der Waals surface area contributed by atoms with E-state index in [1.165, 1.54) is 19.1 Å². The molecule has 202 valence electrons. The Labute approximate surface area is 209 Å². The van der Waals surface area contributed by atoms with Gasteiger partial charge >= 0.3 is 18.3 Å². The number of ether oxygens (including phenoxy) is 1. The highest BCUT2D eigenvalue weighted by Gasteiger charge is 2.43. The molecule has 4 rings (SSSR count). The summed E-state index contributed by atoms with van der Waals surface area (Å²) >= 11 is 0. The number of likely N-dealkylation sites (tertiary alicyclic amines) is 1. The van der Waals surface area contributed by atoms with Gasteiger partial charge in [0.1, 0.15) is 5.82 Å². The molecule has 4 atom stereocenters. The summed E-state index contributed by atoms with van der Waals surface area (Å²) in [6, 6.07) is 7.20. The number of hydrogen-bond donors (Lipinski definition) is 1. The lowest BCUT2D eigenvalue weighted by Gasteiger charge is -2.40. The van der Waals surface area contributed by atoms with Gasteiger partial charge in [0.15, 0.2) is 0 Å². The summed E-state index contributed by atoms with van der Waals surface area (Å²) in [7, 11) is 0. The maximum absolute atomic E-state index is 13.6. The van der Waals surface area contributed by atoms with Gasteiger partial charge in [0.05, 0.1) is 29.3 Å². The molecule has 1 aliphatic carbocycles. The summed E-state index contributed by atoms with van der Waals surface area (Å²) in [5.41, 5.74) is -2.30. The van der Waals surface area contributed by atoms with E-state index < -0.39 is 53.4 Å². The molecule has 1 N–H and O–H groups in total. The number of aliphatic carboxylic acids is 1. The van der Waals surface area contributed by atoms with Crippen LogP contribution in [0.1, 0.15) is 54.0 Å². The molecule has 0 amide bonds. The molecule has 11 heteroatoms. The summed E-state index contributed by atoms with van der Waals surface area (Å²) in [5.74, 6) is -2.06. The first kappa shape index (κ1) is 27.4. The Hall–Kier alpha value is -2.66. The van der Waals surface area contributed by atoms with Crippen molar-refractivity contribution in [1.29, 1.82) is 0 Å². The van der Waals surface area contributed by atoms with Crippen molar-refractivity contribution < 1.29 is 45.4 Å². The van der Waals surface area contributed by atoms with Crippen molar-refractivity contribution in [3.05, 3.63) is 70.5 Å². The summed E-state index contributed by atoms with van der Waals surface area (Å²) in [5, 5.41) is 9.13. The van der Waals surface area contributed by atoms with E-state index in [9.17, 15) is 35.5 Å². The third kappa shape index (κ3) is 6.26. The van der Waals surface area contributed by atoms with Crippen LogP contribution in [0.5, 0.6) is 0 Å². The van der Waals surface area contributed by atoms with Gasteiger partial charge in [-0.3, -0.25) is 4.79 Å². The largest absolute Gasteiger partial charge is 0.481 e. The predicted octanol–water partition coefficient (Wildman–Crippen LogP) is 6.52. The number of carboxylic acid groups (broad SMARTS) is 1. The smallest absolute Gasteiger partial charge is 0.416 e. The number of carboxylic acids is 1. The molecule has 37 heavy (non-hydrogen) atoms. The third-order valence-electron chi connectivity index (χ3n) is 7.24. The van der Waals surface area contributed by atoms with Crippen molar-refractivity contribution in [1.82, 2.24) is 4.90 Å². The van der Waals surface area contributed by atoms with Crippen molar-refractivity contribution in [3.63, 3.8) is 0 Å². The van der Waals surface area contributed by atoms with Crippen LogP contribution in [0.4, 0.5) is 30.7 Å². The zero-order valence-electron chi connectivity index (χ0n) is 19.8. The van der Waals surface area contributed by atoms with Gasteiger partial charge in [-0.15, -0.1) is 0 Å². The summed E-state index contributed by atoms with van der Waals surface area (Å²) < 4.78 is 99.7. The van der Waals surface area contributed by atoms with Crippen LogP contribution in [-0.4, -0.2) is 41.7 Å².